The molecule has 4 aromatic rings. The minimum absolute atomic E-state index is 0.0547. The third-order valence-electron chi connectivity index (χ3n) is 5.73. The molecular formula is C31H26N4O5S. The van der Waals surface area contributed by atoms with Gasteiger partial charge in [-0.3, -0.25) is 24.5 Å². The summed E-state index contributed by atoms with van der Waals surface area (Å²) in [5.41, 5.74) is 3.22. The summed E-state index contributed by atoms with van der Waals surface area (Å²) in [6.07, 6.45) is 1.62. The topological polar surface area (TPSA) is 130 Å². The molecule has 0 saturated carbocycles. The molecule has 0 spiro atoms. The number of thioether (sulfide) groups is 1. The summed E-state index contributed by atoms with van der Waals surface area (Å²) in [5.74, 6) is -1.03. The number of hydrogen-bond acceptors (Lipinski definition) is 6. The Hall–Kier alpha value is -5.22. The Morgan fingerprint density at radius 1 is 0.829 bits per heavy atom. The van der Waals surface area contributed by atoms with Crippen molar-refractivity contribution in [3.05, 3.63) is 136 Å². The number of anilines is 2. The lowest BCUT2D eigenvalue weighted by Gasteiger charge is -2.12. The summed E-state index contributed by atoms with van der Waals surface area (Å²) in [5, 5.41) is 19.0. The van der Waals surface area contributed by atoms with Gasteiger partial charge in [-0.2, -0.15) is 0 Å². The van der Waals surface area contributed by atoms with Crippen LogP contribution in [0.15, 0.2) is 114 Å². The second-order valence-electron chi connectivity index (χ2n) is 8.91. The number of non-ortho nitro benzene ring substituents is 1. The van der Waals surface area contributed by atoms with E-state index < -0.39 is 16.7 Å². The van der Waals surface area contributed by atoms with Gasteiger partial charge in [0.1, 0.15) is 5.70 Å². The second-order valence-corrected chi connectivity index (χ2v) is 9.96. The van der Waals surface area contributed by atoms with E-state index in [1.807, 2.05) is 31.2 Å². The molecule has 0 aliphatic heterocycles. The fourth-order valence-corrected chi connectivity index (χ4v) is 4.41. The third kappa shape index (κ3) is 8.64. The number of nitrogens with zero attached hydrogens (tertiary/aromatic N) is 1. The molecule has 4 aromatic carbocycles. The quantitative estimate of drug-likeness (QED) is 0.0928. The molecule has 41 heavy (non-hydrogen) atoms. The van der Waals surface area contributed by atoms with Crippen molar-refractivity contribution in [2.75, 3.05) is 16.4 Å². The predicted octanol–water partition coefficient (Wildman–Crippen LogP) is 6.04. The molecule has 0 unspecified atom stereocenters. The van der Waals surface area contributed by atoms with Gasteiger partial charge < -0.3 is 16.0 Å². The van der Waals surface area contributed by atoms with Crippen LogP contribution in [0.2, 0.25) is 0 Å². The van der Waals surface area contributed by atoms with Crippen molar-refractivity contribution in [3.63, 3.8) is 0 Å². The molecule has 0 aliphatic rings. The average molecular weight is 567 g/mol. The highest BCUT2D eigenvalue weighted by Crippen LogP contribution is 2.22. The lowest BCUT2D eigenvalue weighted by atomic mass is 10.1. The number of hydrogen-bond donors (Lipinski definition) is 3. The van der Waals surface area contributed by atoms with E-state index in [0.29, 0.717) is 16.9 Å². The predicted molar refractivity (Wildman–Crippen MR) is 161 cm³/mol. The minimum Gasteiger partial charge on any atom is -0.325 e. The highest BCUT2D eigenvalue weighted by molar-refractivity contribution is 8.00. The van der Waals surface area contributed by atoms with Gasteiger partial charge in [-0.15, -0.1) is 11.8 Å². The molecule has 0 heterocycles. The molecule has 206 valence electrons. The Bertz CT molecular complexity index is 1590. The highest BCUT2D eigenvalue weighted by Gasteiger charge is 2.15. The third-order valence-corrected chi connectivity index (χ3v) is 6.74. The molecule has 0 bridgehead atoms. The molecule has 9 nitrogen and oxygen atoms in total. The molecule has 0 radical (unpaired) electrons. The largest absolute Gasteiger partial charge is 0.325 e. The van der Waals surface area contributed by atoms with Gasteiger partial charge in [0.05, 0.1) is 10.7 Å². The van der Waals surface area contributed by atoms with Gasteiger partial charge in [0.2, 0.25) is 5.91 Å². The second kappa shape index (κ2) is 13.7. The minimum atomic E-state index is -0.504. The van der Waals surface area contributed by atoms with Crippen LogP contribution in [-0.2, 0) is 9.59 Å². The summed E-state index contributed by atoms with van der Waals surface area (Å²) in [6.45, 7) is 1.94. The Labute approximate surface area is 240 Å². The summed E-state index contributed by atoms with van der Waals surface area (Å²) < 4.78 is 0. The zero-order chi connectivity index (χ0) is 29.2. The highest BCUT2D eigenvalue weighted by atomic mass is 32.2. The van der Waals surface area contributed by atoms with Gasteiger partial charge in [0.15, 0.2) is 0 Å². The van der Waals surface area contributed by atoms with E-state index in [0.717, 1.165) is 16.0 Å². The lowest BCUT2D eigenvalue weighted by molar-refractivity contribution is -0.384. The standard InChI is InChI=1S/C31H26N4O5S/c1-21-6-5-7-22(18-21)19-28(34-30(37)23-8-3-2-4-9-23)31(38)33-25-12-16-27(17-13-25)41-20-29(36)32-24-10-14-26(15-11-24)35(39)40/h2-19H,20H2,1H3,(H,32,36)(H,33,38)(H,34,37)/b28-19-. The summed E-state index contributed by atoms with van der Waals surface area (Å²) in [6, 6.07) is 28.8. The molecule has 10 heteroatoms. The Balaban J connectivity index is 1.38. The molecule has 3 amide bonds. The van der Waals surface area contributed by atoms with Crippen LogP contribution in [0.5, 0.6) is 0 Å². The van der Waals surface area contributed by atoms with Crippen molar-refractivity contribution in [1.82, 2.24) is 5.32 Å². The van der Waals surface area contributed by atoms with Gasteiger partial charge in [-0.05, 0) is 67.1 Å². The Kier molecular flexibility index (Phi) is 9.63. The molecule has 0 aliphatic carbocycles. The Morgan fingerprint density at radius 2 is 1.49 bits per heavy atom. The van der Waals surface area contributed by atoms with Crippen molar-refractivity contribution in [2.45, 2.75) is 11.8 Å². The van der Waals surface area contributed by atoms with Crippen LogP contribution in [0.1, 0.15) is 21.5 Å². The number of nitro groups is 1. The fourth-order valence-electron chi connectivity index (χ4n) is 3.71. The average Bonchev–Trinajstić information content (AvgIpc) is 2.97. The molecule has 0 fully saturated rings. The van der Waals surface area contributed by atoms with Gasteiger partial charge in [0, 0.05) is 34.0 Å². The van der Waals surface area contributed by atoms with Gasteiger partial charge in [-0.25, -0.2) is 0 Å². The Morgan fingerprint density at radius 3 is 2.15 bits per heavy atom. The van der Waals surface area contributed by atoms with E-state index in [1.165, 1.54) is 36.0 Å². The monoisotopic (exact) mass is 566 g/mol. The van der Waals surface area contributed by atoms with Crippen molar-refractivity contribution < 1.29 is 19.3 Å². The smallest absolute Gasteiger partial charge is 0.272 e. The van der Waals surface area contributed by atoms with Crippen molar-refractivity contribution in [3.8, 4) is 0 Å². The van der Waals surface area contributed by atoms with Crippen molar-refractivity contribution >= 4 is 52.6 Å². The maximum absolute atomic E-state index is 13.2. The van der Waals surface area contributed by atoms with Gasteiger partial charge >= 0.3 is 0 Å². The first kappa shape index (κ1) is 28.8. The number of benzene rings is 4. The number of aryl methyl sites for hydroxylation is 1. The number of rotatable bonds is 10. The summed E-state index contributed by atoms with van der Waals surface area (Å²) >= 11 is 1.30. The number of amides is 3. The van der Waals surface area contributed by atoms with E-state index in [4.69, 9.17) is 0 Å². The lowest BCUT2D eigenvalue weighted by Crippen LogP contribution is -2.30. The van der Waals surface area contributed by atoms with Crippen LogP contribution in [0.4, 0.5) is 17.1 Å². The molecule has 0 atom stereocenters. The van der Waals surface area contributed by atoms with E-state index >= 15 is 0 Å². The maximum atomic E-state index is 13.2. The van der Waals surface area contributed by atoms with E-state index in [9.17, 15) is 24.5 Å². The van der Waals surface area contributed by atoms with E-state index in [1.54, 1.807) is 60.7 Å². The van der Waals surface area contributed by atoms with Crippen LogP contribution in [0, 0.1) is 17.0 Å². The number of carbonyl (C=O) groups excluding carboxylic acids is 3. The normalized spacial score (nSPS) is 10.9. The van der Waals surface area contributed by atoms with Gasteiger partial charge in [0.25, 0.3) is 17.5 Å². The number of nitro benzene ring substituents is 1. The number of nitrogens with one attached hydrogen (secondary N) is 3. The summed E-state index contributed by atoms with van der Waals surface area (Å²) in [4.78, 5) is 49.4. The van der Waals surface area contributed by atoms with Crippen LogP contribution in [-0.4, -0.2) is 28.4 Å². The first-order chi connectivity index (χ1) is 19.8. The fraction of sp³-hybridized carbons (Fsp3) is 0.0645. The molecule has 0 aromatic heterocycles. The zero-order valence-corrected chi connectivity index (χ0v) is 22.8. The van der Waals surface area contributed by atoms with Crippen LogP contribution in [0.25, 0.3) is 6.08 Å². The molecular weight excluding hydrogens is 540 g/mol. The SMILES string of the molecule is Cc1cccc(/C=C(\NC(=O)c2ccccc2)C(=O)Nc2ccc(SCC(=O)Nc3ccc([N+](=O)[O-])cc3)cc2)c1. The van der Waals surface area contributed by atoms with E-state index in [-0.39, 0.29) is 23.0 Å². The van der Waals surface area contributed by atoms with Crippen molar-refractivity contribution in [1.29, 1.82) is 0 Å². The van der Waals surface area contributed by atoms with Crippen molar-refractivity contribution in [2.24, 2.45) is 0 Å². The number of carbonyl (C=O) groups is 3. The van der Waals surface area contributed by atoms with Crippen LogP contribution >= 0.6 is 11.8 Å². The first-order valence-electron chi connectivity index (χ1n) is 12.5. The van der Waals surface area contributed by atoms with Crippen LogP contribution < -0.4 is 16.0 Å². The maximum Gasteiger partial charge on any atom is 0.272 e. The van der Waals surface area contributed by atoms with Gasteiger partial charge in [-0.1, -0.05) is 48.0 Å². The summed E-state index contributed by atoms with van der Waals surface area (Å²) in [7, 11) is 0. The van der Waals surface area contributed by atoms with E-state index in [2.05, 4.69) is 16.0 Å². The zero-order valence-electron chi connectivity index (χ0n) is 22.0. The molecule has 3 N–H and O–H groups in total. The first-order valence-corrected chi connectivity index (χ1v) is 13.5. The molecule has 4 rings (SSSR count). The molecule has 0 saturated heterocycles. The van der Waals surface area contributed by atoms with Crippen LogP contribution in [0.3, 0.4) is 0 Å².